The van der Waals surface area contributed by atoms with E-state index in [4.69, 9.17) is 9.47 Å². The molecule has 3 rings (SSSR count). The number of anilines is 1. The normalized spacial score (nSPS) is 24.4. The van der Waals surface area contributed by atoms with Gasteiger partial charge in [0.25, 0.3) is 0 Å². The van der Waals surface area contributed by atoms with Gasteiger partial charge in [-0.1, -0.05) is 12.5 Å². The number of amides is 2. The minimum Gasteiger partial charge on any atom is -0.456 e. The standard InChI is InChI=1S/C17H22N2O4/c1-22-14-7-2-3-8-15(14)23-16(20)12-5-4-6-13(11-12)19-10-9-18-17(19)21/h4-6,11,14-15H,2-3,7-10H2,1H3,(H,18,21)/t14-,15-/m0/s1. The number of ether oxygens (including phenoxy) is 2. The van der Waals surface area contributed by atoms with E-state index in [0.717, 1.165) is 25.7 Å². The summed E-state index contributed by atoms with van der Waals surface area (Å²) in [5.74, 6) is -0.361. The van der Waals surface area contributed by atoms with Gasteiger partial charge in [-0.3, -0.25) is 4.90 Å². The van der Waals surface area contributed by atoms with E-state index in [-0.39, 0.29) is 24.2 Å². The van der Waals surface area contributed by atoms with Crippen molar-refractivity contribution in [3.63, 3.8) is 0 Å². The highest BCUT2D eigenvalue weighted by Crippen LogP contribution is 2.25. The molecule has 23 heavy (non-hydrogen) atoms. The molecule has 2 atom stereocenters. The lowest BCUT2D eigenvalue weighted by Crippen LogP contribution is -2.35. The molecule has 2 aliphatic rings. The van der Waals surface area contributed by atoms with E-state index in [2.05, 4.69) is 5.32 Å². The smallest absolute Gasteiger partial charge is 0.338 e. The summed E-state index contributed by atoms with van der Waals surface area (Å²) in [6.45, 7) is 1.22. The first-order chi connectivity index (χ1) is 11.2. The Morgan fingerprint density at radius 2 is 2.04 bits per heavy atom. The maximum Gasteiger partial charge on any atom is 0.338 e. The van der Waals surface area contributed by atoms with Crippen LogP contribution in [-0.4, -0.2) is 44.4 Å². The lowest BCUT2D eigenvalue weighted by atomic mass is 9.94. The molecule has 2 fully saturated rings. The molecule has 1 aliphatic carbocycles. The number of hydrogen-bond acceptors (Lipinski definition) is 4. The second-order valence-corrected chi connectivity index (χ2v) is 5.94. The fraction of sp³-hybridized carbons (Fsp3) is 0.529. The van der Waals surface area contributed by atoms with Crippen molar-refractivity contribution < 1.29 is 19.1 Å². The number of esters is 1. The summed E-state index contributed by atoms with van der Waals surface area (Å²) in [4.78, 5) is 25.8. The first-order valence-electron chi connectivity index (χ1n) is 8.08. The van der Waals surface area contributed by atoms with E-state index in [0.29, 0.717) is 24.3 Å². The zero-order valence-corrected chi connectivity index (χ0v) is 13.3. The predicted octanol–water partition coefficient (Wildman–Crippen LogP) is 2.33. The fourth-order valence-electron chi connectivity index (χ4n) is 3.19. The minimum absolute atomic E-state index is 0.0276. The molecule has 6 heteroatoms. The van der Waals surface area contributed by atoms with Crippen molar-refractivity contribution >= 4 is 17.7 Å². The number of carbonyl (C=O) groups excluding carboxylic acids is 2. The molecule has 1 saturated heterocycles. The Hall–Kier alpha value is -2.08. The highest BCUT2D eigenvalue weighted by atomic mass is 16.6. The largest absolute Gasteiger partial charge is 0.456 e. The van der Waals surface area contributed by atoms with Crippen molar-refractivity contribution in [3.05, 3.63) is 29.8 Å². The van der Waals surface area contributed by atoms with E-state index in [9.17, 15) is 9.59 Å². The van der Waals surface area contributed by atoms with Gasteiger partial charge in [0.1, 0.15) is 6.10 Å². The van der Waals surface area contributed by atoms with Crippen LogP contribution in [0.2, 0.25) is 0 Å². The molecule has 0 aromatic heterocycles. The average molecular weight is 318 g/mol. The molecular weight excluding hydrogens is 296 g/mol. The lowest BCUT2D eigenvalue weighted by molar-refractivity contribution is -0.0539. The van der Waals surface area contributed by atoms with Crippen molar-refractivity contribution in [2.75, 3.05) is 25.1 Å². The van der Waals surface area contributed by atoms with Gasteiger partial charge in [0.05, 0.1) is 11.7 Å². The average Bonchev–Trinajstić information content (AvgIpc) is 3.01. The van der Waals surface area contributed by atoms with Crippen LogP contribution in [0, 0.1) is 0 Å². The first kappa shape index (κ1) is 15.8. The van der Waals surface area contributed by atoms with Gasteiger partial charge in [-0.25, -0.2) is 9.59 Å². The zero-order chi connectivity index (χ0) is 16.2. The highest BCUT2D eigenvalue weighted by Gasteiger charge is 2.29. The summed E-state index contributed by atoms with van der Waals surface area (Å²) in [5, 5.41) is 2.75. The summed E-state index contributed by atoms with van der Waals surface area (Å²) < 4.78 is 11.1. The molecule has 1 saturated carbocycles. The summed E-state index contributed by atoms with van der Waals surface area (Å²) in [6, 6.07) is 6.87. The van der Waals surface area contributed by atoms with Gasteiger partial charge in [0, 0.05) is 25.9 Å². The van der Waals surface area contributed by atoms with E-state index in [1.54, 1.807) is 30.2 Å². The Bertz CT molecular complexity index is 590. The van der Waals surface area contributed by atoms with Crippen LogP contribution in [0.15, 0.2) is 24.3 Å². The molecule has 0 radical (unpaired) electrons. The maximum atomic E-state index is 12.4. The topological polar surface area (TPSA) is 67.9 Å². The number of nitrogens with one attached hydrogen (secondary N) is 1. The van der Waals surface area contributed by atoms with Gasteiger partial charge in [0.2, 0.25) is 0 Å². The van der Waals surface area contributed by atoms with Crippen molar-refractivity contribution in [2.45, 2.75) is 37.9 Å². The number of benzene rings is 1. The second kappa shape index (κ2) is 7.00. The molecule has 0 spiro atoms. The third-order valence-electron chi connectivity index (χ3n) is 4.45. The van der Waals surface area contributed by atoms with Gasteiger partial charge in [-0.2, -0.15) is 0 Å². The Labute approximate surface area is 135 Å². The van der Waals surface area contributed by atoms with E-state index in [1.807, 2.05) is 6.07 Å². The zero-order valence-electron chi connectivity index (χ0n) is 13.3. The molecule has 1 aromatic carbocycles. The molecule has 1 heterocycles. The molecule has 1 N–H and O–H groups in total. The number of methoxy groups -OCH3 is 1. The molecule has 6 nitrogen and oxygen atoms in total. The van der Waals surface area contributed by atoms with Crippen molar-refractivity contribution in [3.8, 4) is 0 Å². The summed E-state index contributed by atoms with van der Waals surface area (Å²) in [7, 11) is 1.66. The van der Waals surface area contributed by atoms with Gasteiger partial charge >= 0.3 is 12.0 Å². The SMILES string of the molecule is CO[C@H]1CCCC[C@@H]1OC(=O)c1cccc(N2CCNC2=O)c1. The molecule has 2 amide bonds. The minimum atomic E-state index is -0.361. The Morgan fingerprint density at radius 3 is 2.74 bits per heavy atom. The third kappa shape index (κ3) is 3.47. The predicted molar refractivity (Wildman–Crippen MR) is 85.7 cm³/mol. The highest BCUT2D eigenvalue weighted by molar-refractivity contribution is 5.96. The fourth-order valence-corrected chi connectivity index (χ4v) is 3.19. The van der Waals surface area contributed by atoms with Crippen LogP contribution in [0.3, 0.4) is 0 Å². The maximum absolute atomic E-state index is 12.4. The number of rotatable bonds is 4. The number of urea groups is 1. The van der Waals surface area contributed by atoms with E-state index < -0.39 is 0 Å². The third-order valence-corrected chi connectivity index (χ3v) is 4.45. The summed E-state index contributed by atoms with van der Waals surface area (Å²) >= 11 is 0. The summed E-state index contributed by atoms with van der Waals surface area (Å²) in [6.07, 6.45) is 3.68. The van der Waals surface area contributed by atoms with Crippen LogP contribution < -0.4 is 10.2 Å². The Kier molecular flexibility index (Phi) is 4.81. The van der Waals surface area contributed by atoms with Crippen LogP contribution in [0.4, 0.5) is 10.5 Å². The summed E-state index contributed by atoms with van der Waals surface area (Å²) in [5.41, 5.74) is 1.17. The quantitative estimate of drug-likeness (QED) is 0.865. The molecule has 0 bridgehead atoms. The van der Waals surface area contributed by atoms with Gasteiger partial charge in [-0.05, 0) is 37.5 Å². The Morgan fingerprint density at radius 1 is 1.26 bits per heavy atom. The first-order valence-corrected chi connectivity index (χ1v) is 8.08. The van der Waals surface area contributed by atoms with E-state index >= 15 is 0 Å². The van der Waals surface area contributed by atoms with Crippen molar-refractivity contribution in [2.24, 2.45) is 0 Å². The van der Waals surface area contributed by atoms with Crippen LogP contribution in [0.25, 0.3) is 0 Å². The van der Waals surface area contributed by atoms with Crippen molar-refractivity contribution in [1.29, 1.82) is 0 Å². The lowest BCUT2D eigenvalue weighted by Gasteiger charge is -2.30. The molecule has 1 aromatic rings. The molecule has 1 aliphatic heterocycles. The van der Waals surface area contributed by atoms with Crippen molar-refractivity contribution in [1.82, 2.24) is 5.32 Å². The molecule has 124 valence electrons. The van der Waals surface area contributed by atoms with Gasteiger partial charge in [-0.15, -0.1) is 0 Å². The number of carbonyl (C=O) groups is 2. The van der Waals surface area contributed by atoms with E-state index in [1.165, 1.54) is 0 Å². The van der Waals surface area contributed by atoms with Crippen LogP contribution in [0.5, 0.6) is 0 Å². The number of hydrogen-bond donors (Lipinski definition) is 1. The van der Waals surface area contributed by atoms with Crippen LogP contribution >= 0.6 is 0 Å². The second-order valence-electron chi connectivity index (χ2n) is 5.94. The van der Waals surface area contributed by atoms with Crippen LogP contribution in [-0.2, 0) is 9.47 Å². The molecule has 0 unspecified atom stereocenters. The number of nitrogens with zero attached hydrogens (tertiary/aromatic N) is 1. The molecular formula is C17H22N2O4. The van der Waals surface area contributed by atoms with Gasteiger partial charge in [0.15, 0.2) is 0 Å². The van der Waals surface area contributed by atoms with Crippen LogP contribution in [0.1, 0.15) is 36.0 Å². The van der Waals surface area contributed by atoms with Gasteiger partial charge < -0.3 is 14.8 Å². The Balaban J connectivity index is 1.71. The monoisotopic (exact) mass is 318 g/mol.